The van der Waals surface area contributed by atoms with E-state index < -0.39 is 17.8 Å². The Morgan fingerprint density at radius 3 is 2.45 bits per heavy atom. The summed E-state index contributed by atoms with van der Waals surface area (Å²) in [5, 5.41) is 10.0. The van der Waals surface area contributed by atoms with E-state index >= 15 is 0 Å². The summed E-state index contributed by atoms with van der Waals surface area (Å²) in [6.07, 6.45) is -4.10. The second kappa shape index (κ2) is 10.8. The van der Waals surface area contributed by atoms with Crippen LogP contribution >= 0.6 is 39.5 Å². The summed E-state index contributed by atoms with van der Waals surface area (Å²) in [6, 6.07) is 0. The summed E-state index contributed by atoms with van der Waals surface area (Å²) in [5.74, 6) is -0.861. The van der Waals surface area contributed by atoms with Crippen LogP contribution in [0, 0.1) is 13.8 Å². The van der Waals surface area contributed by atoms with Crippen LogP contribution in [0.3, 0.4) is 0 Å². The Bertz CT molecular complexity index is 1070. The van der Waals surface area contributed by atoms with Gasteiger partial charge in [-0.05, 0) is 54.0 Å². The van der Waals surface area contributed by atoms with E-state index in [4.69, 9.17) is 17.0 Å². The highest BCUT2D eigenvalue weighted by atomic mass is 79.9. The standard InChI is InChI=1S/C19H23BrF3N5O3S2/c1-9-11(17(30)31-5)15(33-13(9)16(29)27(3)4)25-18(32)24-7-6-8-28-10(2)12(20)14(26-28)19(21,22)23/h6-8H2,1-5H3,(H2,24,25,32). The molecule has 0 aliphatic heterocycles. The average molecular weight is 570 g/mol. The maximum Gasteiger partial charge on any atom is 0.436 e. The van der Waals surface area contributed by atoms with E-state index in [1.165, 1.54) is 16.7 Å². The van der Waals surface area contributed by atoms with Gasteiger partial charge in [0.1, 0.15) is 5.00 Å². The second-order valence-electron chi connectivity index (χ2n) is 7.15. The van der Waals surface area contributed by atoms with Crippen LogP contribution in [0.2, 0.25) is 0 Å². The van der Waals surface area contributed by atoms with E-state index in [-0.39, 0.29) is 27.6 Å². The maximum atomic E-state index is 13.0. The zero-order valence-electron chi connectivity index (χ0n) is 18.5. The van der Waals surface area contributed by atoms with E-state index in [0.29, 0.717) is 34.1 Å². The number of hydrogen-bond acceptors (Lipinski definition) is 6. The van der Waals surface area contributed by atoms with Gasteiger partial charge in [-0.3, -0.25) is 9.48 Å². The van der Waals surface area contributed by atoms with Crippen LogP contribution in [0.4, 0.5) is 18.2 Å². The molecule has 8 nitrogen and oxygen atoms in total. The van der Waals surface area contributed by atoms with Crippen molar-refractivity contribution >= 4 is 61.5 Å². The molecule has 2 aromatic heterocycles. The first kappa shape index (κ1) is 27.1. The number of methoxy groups -OCH3 is 1. The summed E-state index contributed by atoms with van der Waals surface area (Å²) in [4.78, 5) is 26.5. The number of nitrogens with zero attached hydrogens (tertiary/aromatic N) is 3. The summed E-state index contributed by atoms with van der Waals surface area (Å²) in [7, 11) is 4.46. The first-order valence-electron chi connectivity index (χ1n) is 9.57. The largest absolute Gasteiger partial charge is 0.465 e. The number of thiocarbonyl (C=S) groups is 1. The van der Waals surface area contributed by atoms with E-state index in [1.807, 2.05) is 0 Å². The molecule has 2 rings (SSSR count). The third-order valence-electron chi connectivity index (χ3n) is 4.60. The van der Waals surface area contributed by atoms with Crippen LogP contribution in [-0.2, 0) is 17.5 Å². The Morgan fingerprint density at radius 2 is 1.94 bits per heavy atom. The summed E-state index contributed by atoms with van der Waals surface area (Å²) >= 11 is 9.30. The zero-order chi connectivity index (χ0) is 25.1. The fourth-order valence-electron chi connectivity index (χ4n) is 2.86. The molecule has 0 saturated heterocycles. The number of nitrogens with one attached hydrogen (secondary N) is 2. The molecule has 2 aromatic rings. The molecule has 0 saturated carbocycles. The predicted octanol–water partition coefficient (Wildman–Crippen LogP) is 4.21. The number of hydrogen-bond donors (Lipinski definition) is 2. The van der Waals surface area contributed by atoms with Crippen LogP contribution in [-0.4, -0.2) is 59.4 Å². The highest BCUT2D eigenvalue weighted by Gasteiger charge is 2.37. The molecular weight excluding hydrogens is 547 g/mol. The lowest BCUT2D eigenvalue weighted by atomic mass is 10.1. The third-order valence-corrected chi connectivity index (χ3v) is 6.99. The molecule has 0 bridgehead atoms. The summed E-state index contributed by atoms with van der Waals surface area (Å²) in [5.41, 5.74) is 0.110. The number of esters is 1. The highest BCUT2D eigenvalue weighted by molar-refractivity contribution is 9.10. The molecule has 0 aliphatic carbocycles. The zero-order valence-corrected chi connectivity index (χ0v) is 21.7. The van der Waals surface area contributed by atoms with Crippen molar-refractivity contribution in [3.63, 3.8) is 0 Å². The number of alkyl halides is 3. The Morgan fingerprint density at radius 1 is 1.30 bits per heavy atom. The number of anilines is 1. The third kappa shape index (κ3) is 6.23. The fourth-order valence-corrected chi connectivity index (χ4v) is 4.86. The number of carbonyl (C=O) groups is 2. The fraction of sp³-hybridized carbons (Fsp3) is 0.474. The lowest BCUT2D eigenvalue weighted by Crippen LogP contribution is -2.30. The van der Waals surface area contributed by atoms with Gasteiger partial charge in [-0.2, -0.15) is 18.3 Å². The molecule has 0 aromatic carbocycles. The van der Waals surface area contributed by atoms with Crippen LogP contribution in [0.15, 0.2) is 4.47 Å². The number of halogens is 4. The van der Waals surface area contributed by atoms with E-state index in [9.17, 15) is 22.8 Å². The van der Waals surface area contributed by atoms with Crippen molar-refractivity contribution < 1.29 is 27.5 Å². The SMILES string of the molecule is COC(=O)c1c(NC(=S)NCCCn2nc(C(F)(F)F)c(Br)c2C)sc(C(=O)N(C)C)c1C. The number of aryl methyl sites for hydroxylation is 1. The van der Waals surface area contributed by atoms with E-state index in [1.54, 1.807) is 27.9 Å². The molecule has 0 aliphatic rings. The number of rotatable bonds is 7. The monoisotopic (exact) mass is 569 g/mol. The first-order chi connectivity index (χ1) is 15.3. The molecular formula is C19H23BrF3N5O3S2. The Kier molecular flexibility index (Phi) is 8.88. The molecule has 182 valence electrons. The molecule has 2 N–H and O–H groups in total. The summed E-state index contributed by atoms with van der Waals surface area (Å²) < 4.78 is 45.0. The maximum absolute atomic E-state index is 13.0. The highest BCUT2D eigenvalue weighted by Crippen LogP contribution is 2.36. The van der Waals surface area contributed by atoms with Crippen molar-refractivity contribution in [1.82, 2.24) is 20.0 Å². The molecule has 14 heteroatoms. The van der Waals surface area contributed by atoms with Crippen molar-refractivity contribution in [2.24, 2.45) is 0 Å². The first-order valence-corrected chi connectivity index (χ1v) is 11.6. The van der Waals surface area contributed by atoms with Gasteiger partial charge in [0, 0.05) is 27.2 Å². The van der Waals surface area contributed by atoms with Gasteiger partial charge >= 0.3 is 12.1 Å². The number of thiophene rings is 1. The topological polar surface area (TPSA) is 88.5 Å². The molecule has 33 heavy (non-hydrogen) atoms. The van der Waals surface area contributed by atoms with E-state index in [2.05, 4.69) is 31.7 Å². The van der Waals surface area contributed by atoms with E-state index in [0.717, 1.165) is 11.3 Å². The van der Waals surface area contributed by atoms with Gasteiger partial charge in [0.15, 0.2) is 10.8 Å². The smallest absolute Gasteiger partial charge is 0.436 e. The van der Waals surface area contributed by atoms with Gasteiger partial charge in [0.05, 0.1) is 27.7 Å². The van der Waals surface area contributed by atoms with Crippen LogP contribution < -0.4 is 10.6 Å². The van der Waals surface area contributed by atoms with Crippen molar-refractivity contribution in [2.45, 2.75) is 33.0 Å². The minimum Gasteiger partial charge on any atom is -0.465 e. The van der Waals surface area contributed by atoms with Gasteiger partial charge in [-0.15, -0.1) is 11.3 Å². The lowest BCUT2D eigenvalue weighted by molar-refractivity contribution is -0.142. The minimum atomic E-state index is -4.54. The van der Waals surface area contributed by atoms with Gasteiger partial charge in [-0.25, -0.2) is 4.79 Å². The van der Waals surface area contributed by atoms with Crippen molar-refractivity contribution in [3.8, 4) is 0 Å². The van der Waals surface area contributed by atoms with Crippen molar-refractivity contribution in [3.05, 3.63) is 31.9 Å². The van der Waals surface area contributed by atoms with Gasteiger partial charge in [0.25, 0.3) is 5.91 Å². The number of carbonyl (C=O) groups excluding carboxylic acids is 2. The Hall–Kier alpha value is -2.19. The molecule has 0 radical (unpaired) electrons. The summed E-state index contributed by atoms with van der Waals surface area (Å²) in [6.45, 7) is 3.78. The number of aromatic nitrogens is 2. The quantitative estimate of drug-likeness (QED) is 0.293. The van der Waals surface area contributed by atoms with Crippen LogP contribution in [0.25, 0.3) is 0 Å². The van der Waals surface area contributed by atoms with Crippen molar-refractivity contribution in [1.29, 1.82) is 0 Å². The number of amides is 1. The van der Waals surface area contributed by atoms with Crippen molar-refractivity contribution in [2.75, 3.05) is 33.1 Å². The minimum absolute atomic E-state index is 0.0772. The Balaban J connectivity index is 2.04. The molecule has 2 heterocycles. The molecule has 0 spiro atoms. The number of ether oxygens (including phenoxy) is 1. The Labute approximate surface area is 206 Å². The molecule has 1 amide bonds. The molecule has 0 atom stereocenters. The molecule has 0 fully saturated rings. The molecule has 0 unspecified atom stereocenters. The lowest BCUT2D eigenvalue weighted by Gasteiger charge is -2.11. The van der Waals surface area contributed by atoms with Crippen LogP contribution in [0.5, 0.6) is 0 Å². The van der Waals surface area contributed by atoms with Gasteiger partial charge in [-0.1, -0.05) is 0 Å². The second-order valence-corrected chi connectivity index (χ2v) is 9.38. The normalized spacial score (nSPS) is 11.3. The van der Waals surface area contributed by atoms with Gasteiger partial charge < -0.3 is 20.3 Å². The average Bonchev–Trinajstić information content (AvgIpc) is 3.20. The van der Waals surface area contributed by atoms with Gasteiger partial charge in [0.2, 0.25) is 0 Å². The van der Waals surface area contributed by atoms with Crippen LogP contribution in [0.1, 0.15) is 43.4 Å². The predicted molar refractivity (Wildman–Crippen MR) is 127 cm³/mol.